The smallest absolute Gasteiger partial charge is 0.223 e. The number of aliphatic hydroxyl groups is 1. The normalized spacial score (nSPS) is 28.6. The molecule has 1 amide bonds. The summed E-state index contributed by atoms with van der Waals surface area (Å²) in [5.74, 6) is 0.454. The van der Waals surface area contributed by atoms with E-state index in [1.54, 1.807) is 11.0 Å². The minimum atomic E-state index is 0.107. The van der Waals surface area contributed by atoms with Gasteiger partial charge in [-0.1, -0.05) is 0 Å². The molecule has 3 atom stereocenters. The van der Waals surface area contributed by atoms with E-state index in [1.807, 2.05) is 4.90 Å². The van der Waals surface area contributed by atoms with Crippen molar-refractivity contribution in [1.82, 2.24) is 19.7 Å². The maximum atomic E-state index is 12.4. The molecule has 1 aliphatic carbocycles. The lowest BCUT2D eigenvalue weighted by atomic mass is 10.1. The third-order valence-corrected chi connectivity index (χ3v) is 4.46. The number of nitrogens with zero attached hydrogens (tertiary/aromatic N) is 4. The molecule has 2 aliphatic rings. The Kier molecular flexibility index (Phi) is 4.50. The van der Waals surface area contributed by atoms with Gasteiger partial charge >= 0.3 is 0 Å². The summed E-state index contributed by atoms with van der Waals surface area (Å²) in [5, 5.41) is 13.3. The summed E-state index contributed by atoms with van der Waals surface area (Å²) < 4.78 is 7.49. The highest BCUT2D eigenvalue weighted by Gasteiger charge is 2.42. The van der Waals surface area contributed by atoms with Gasteiger partial charge in [0.25, 0.3) is 0 Å². The van der Waals surface area contributed by atoms with E-state index in [9.17, 15) is 9.90 Å². The molecule has 1 unspecified atom stereocenters. The first-order valence-corrected chi connectivity index (χ1v) is 7.62. The average Bonchev–Trinajstić information content (AvgIpc) is 3.15. The summed E-state index contributed by atoms with van der Waals surface area (Å²) in [6.07, 6.45) is 6.28. The van der Waals surface area contributed by atoms with Crippen LogP contribution in [-0.2, 0) is 16.1 Å². The summed E-state index contributed by atoms with van der Waals surface area (Å²) in [7, 11) is 0. The molecule has 1 aliphatic heterocycles. The van der Waals surface area contributed by atoms with Crippen molar-refractivity contribution in [2.45, 2.75) is 44.4 Å². The third-order valence-electron chi connectivity index (χ3n) is 4.46. The highest BCUT2D eigenvalue weighted by Crippen LogP contribution is 2.34. The van der Waals surface area contributed by atoms with Crippen LogP contribution < -0.4 is 0 Å². The summed E-state index contributed by atoms with van der Waals surface area (Å²) in [4.78, 5) is 18.3. The van der Waals surface area contributed by atoms with Gasteiger partial charge in [-0.2, -0.15) is 5.10 Å². The van der Waals surface area contributed by atoms with E-state index in [4.69, 9.17) is 4.74 Å². The molecule has 21 heavy (non-hydrogen) atoms. The van der Waals surface area contributed by atoms with Crippen molar-refractivity contribution in [3.63, 3.8) is 0 Å². The predicted molar refractivity (Wildman–Crippen MR) is 74.3 cm³/mol. The number of hydrogen-bond acceptors (Lipinski definition) is 5. The van der Waals surface area contributed by atoms with Gasteiger partial charge < -0.3 is 14.7 Å². The molecular formula is C14H22N4O3. The average molecular weight is 294 g/mol. The van der Waals surface area contributed by atoms with Crippen LogP contribution in [0.5, 0.6) is 0 Å². The molecule has 1 aromatic heterocycles. The topological polar surface area (TPSA) is 80.5 Å². The monoisotopic (exact) mass is 294 g/mol. The van der Waals surface area contributed by atoms with Crippen molar-refractivity contribution >= 4 is 5.91 Å². The fourth-order valence-electron chi connectivity index (χ4n) is 3.39. The summed E-state index contributed by atoms with van der Waals surface area (Å²) >= 11 is 0. The second-order valence-electron chi connectivity index (χ2n) is 5.85. The van der Waals surface area contributed by atoms with Crippen LogP contribution in [0.25, 0.3) is 0 Å². The second-order valence-corrected chi connectivity index (χ2v) is 5.85. The zero-order valence-electron chi connectivity index (χ0n) is 12.1. The Hall–Kier alpha value is -1.47. The number of carbonyl (C=O) groups excluding carboxylic acids is 1. The number of hydrogen-bond donors (Lipinski definition) is 1. The minimum absolute atomic E-state index is 0.107. The highest BCUT2D eigenvalue weighted by molar-refractivity contribution is 5.76. The Bertz CT molecular complexity index is 465. The Morgan fingerprint density at radius 2 is 2.33 bits per heavy atom. The molecule has 0 radical (unpaired) electrons. The quantitative estimate of drug-likeness (QED) is 0.830. The van der Waals surface area contributed by atoms with E-state index in [-0.39, 0.29) is 30.6 Å². The van der Waals surface area contributed by atoms with Crippen LogP contribution in [-0.4, -0.2) is 62.6 Å². The van der Waals surface area contributed by atoms with Crippen molar-refractivity contribution < 1.29 is 14.6 Å². The standard InChI is InChI=1S/C14H22N4O3/c19-8-11-6-12-13(7-11)21-5-4-18(12)14(20)2-1-3-17-10-15-9-16-17/h9-13,19H,1-8H2/t11-,12+,13?/m1/s1. The third kappa shape index (κ3) is 3.24. The number of aliphatic hydroxyl groups excluding tert-OH is 1. The Morgan fingerprint density at radius 3 is 3.10 bits per heavy atom. The second kappa shape index (κ2) is 6.53. The van der Waals surface area contributed by atoms with Crippen LogP contribution in [0.2, 0.25) is 0 Å². The molecule has 0 bridgehead atoms. The number of ether oxygens (including phenoxy) is 1. The van der Waals surface area contributed by atoms with Gasteiger partial charge in [0.15, 0.2) is 0 Å². The van der Waals surface area contributed by atoms with Crippen LogP contribution >= 0.6 is 0 Å². The Labute approximate surface area is 123 Å². The summed E-state index contributed by atoms with van der Waals surface area (Å²) in [6.45, 7) is 2.17. The Balaban J connectivity index is 1.51. The molecule has 116 valence electrons. The highest BCUT2D eigenvalue weighted by atomic mass is 16.5. The van der Waals surface area contributed by atoms with E-state index in [2.05, 4.69) is 10.1 Å². The van der Waals surface area contributed by atoms with Crippen LogP contribution in [0.15, 0.2) is 12.7 Å². The predicted octanol–water partition coefficient (Wildman–Crippen LogP) is 0.0566. The maximum Gasteiger partial charge on any atom is 0.223 e. The molecular weight excluding hydrogens is 272 g/mol. The summed E-state index contributed by atoms with van der Waals surface area (Å²) in [6, 6.07) is 0.148. The number of fused-ring (bicyclic) bond motifs is 1. The number of morpholine rings is 1. The van der Waals surface area contributed by atoms with Crippen LogP contribution in [0.1, 0.15) is 25.7 Å². The zero-order valence-corrected chi connectivity index (χ0v) is 12.1. The van der Waals surface area contributed by atoms with Gasteiger partial charge in [0.2, 0.25) is 5.91 Å². The van der Waals surface area contributed by atoms with Gasteiger partial charge in [0.1, 0.15) is 12.7 Å². The number of amides is 1. The maximum absolute atomic E-state index is 12.4. The van der Waals surface area contributed by atoms with Crippen LogP contribution in [0.4, 0.5) is 0 Å². The molecule has 3 rings (SSSR count). The minimum Gasteiger partial charge on any atom is -0.396 e. The van der Waals surface area contributed by atoms with E-state index in [1.165, 1.54) is 6.33 Å². The molecule has 0 aromatic carbocycles. The molecule has 1 N–H and O–H groups in total. The van der Waals surface area contributed by atoms with Crippen molar-refractivity contribution in [2.24, 2.45) is 5.92 Å². The lowest BCUT2D eigenvalue weighted by Crippen LogP contribution is -2.51. The largest absolute Gasteiger partial charge is 0.396 e. The fourth-order valence-corrected chi connectivity index (χ4v) is 3.39. The SMILES string of the molecule is O=C(CCCn1cncn1)N1CCOC2C[C@H](CO)C[C@@H]21. The molecule has 0 spiro atoms. The lowest BCUT2D eigenvalue weighted by molar-refractivity contribution is -0.144. The molecule has 2 fully saturated rings. The van der Waals surface area contributed by atoms with Crippen molar-refractivity contribution in [3.8, 4) is 0 Å². The Morgan fingerprint density at radius 1 is 1.43 bits per heavy atom. The number of aryl methyl sites for hydroxylation is 1. The number of carbonyl (C=O) groups is 1. The molecule has 7 nitrogen and oxygen atoms in total. The van der Waals surface area contributed by atoms with Crippen LogP contribution in [0.3, 0.4) is 0 Å². The first kappa shape index (κ1) is 14.5. The van der Waals surface area contributed by atoms with Gasteiger partial charge in [-0.3, -0.25) is 9.48 Å². The van der Waals surface area contributed by atoms with E-state index < -0.39 is 0 Å². The molecule has 1 saturated carbocycles. The molecule has 1 aromatic rings. The van der Waals surface area contributed by atoms with E-state index in [0.717, 1.165) is 19.3 Å². The first-order valence-electron chi connectivity index (χ1n) is 7.62. The van der Waals surface area contributed by atoms with E-state index >= 15 is 0 Å². The van der Waals surface area contributed by atoms with Crippen molar-refractivity contribution in [3.05, 3.63) is 12.7 Å². The lowest BCUT2D eigenvalue weighted by Gasteiger charge is -2.37. The zero-order chi connectivity index (χ0) is 14.7. The number of rotatable bonds is 5. The molecule has 7 heteroatoms. The van der Waals surface area contributed by atoms with Crippen molar-refractivity contribution in [1.29, 1.82) is 0 Å². The van der Waals surface area contributed by atoms with Crippen molar-refractivity contribution in [2.75, 3.05) is 19.8 Å². The summed E-state index contributed by atoms with van der Waals surface area (Å²) in [5.41, 5.74) is 0. The number of aromatic nitrogens is 3. The molecule has 2 heterocycles. The van der Waals surface area contributed by atoms with Gasteiger partial charge in [-0.25, -0.2) is 4.98 Å². The van der Waals surface area contributed by atoms with E-state index in [0.29, 0.717) is 26.1 Å². The van der Waals surface area contributed by atoms with Gasteiger partial charge in [0.05, 0.1) is 18.8 Å². The van der Waals surface area contributed by atoms with Gasteiger partial charge in [0, 0.05) is 26.1 Å². The van der Waals surface area contributed by atoms with Gasteiger partial charge in [-0.15, -0.1) is 0 Å². The first-order chi connectivity index (χ1) is 10.3. The van der Waals surface area contributed by atoms with Crippen LogP contribution in [0, 0.1) is 5.92 Å². The van der Waals surface area contributed by atoms with Gasteiger partial charge in [-0.05, 0) is 25.2 Å². The molecule has 1 saturated heterocycles. The fraction of sp³-hybridized carbons (Fsp3) is 0.786.